The van der Waals surface area contributed by atoms with E-state index < -0.39 is 11.7 Å². The minimum atomic E-state index is -4.36. The van der Waals surface area contributed by atoms with Crippen molar-refractivity contribution >= 4 is 5.91 Å². The fourth-order valence-corrected chi connectivity index (χ4v) is 3.37. The summed E-state index contributed by atoms with van der Waals surface area (Å²) in [4.78, 5) is 16.6. The van der Waals surface area contributed by atoms with Crippen LogP contribution in [0.4, 0.5) is 13.2 Å². The smallest absolute Gasteiger partial charge is 0.416 e. The second-order valence-electron chi connectivity index (χ2n) is 7.11. The molecule has 1 aliphatic rings. The van der Waals surface area contributed by atoms with Crippen LogP contribution in [0.3, 0.4) is 0 Å². The monoisotopic (exact) mass is 406 g/mol. The number of nitrogens with zero attached hydrogens (tertiary/aromatic N) is 2. The first kappa shape index (κ1) is 21.2. The van der Waals surface area contributed by atoms with Gasteiger partial charge in [-0.25, -0.2) is 0 Å². The van der Waals surface area contributed by atoms with Gasteiger partial charge < -0.3 is 9.64 Å². The highest BCUT2D eigenvalue weighted by Gasteiger charge is 2.30. The standard InChI is InChI=1S/C22H25F3N2O2/c1-2-29-20-9-5-18(6-10-20)16-26-11-13-27(14-12-26)21(28)15-17-3-7-19(8-4-17)22(23,24)25/h3-10H,2,11-16H2,1H3. The molecule has 7 heteroatoms. The molecule has 0 unspecified atom stereocenters. The number of piperazine rings is 1. The predicted molar refractivity (Wildman–Crippen MR) is 105 cm³/mol. The summed E-state index contributed by atoms with van der Waals surface area (Å²) in [5.41, 5.74) is 1.09. The number of benzene rings is 2. The highest BCUT2D eigenvalue weighted by atomic mass is 19.4. The molecule has 1 aliphatic heterocycles. The molecular formula is C22H25F3N2O2. The van der Waals surface area contributed by atoms with E-state index in [4.69, 9.17) is 4.74 Å². The molecule has 0 aromatic heterocycles. The van der Waals surface area contributed by atoms with Crippen LogP contribution < -0.4 is 4.74 Å². The van der Waals surface area contributed by atoms with Crippen molar-refractivity contribution in [3.8, 4) is 5.75 Å². The molecule has 1 amide bonds. The molecule has 2 aromatic carbocycles. The number of rotatable bonds is 6. The number of ether oxygens (including phenoxy) is 1. The van der Waals surface area contributed by atoms with E-state index >= 15 is 0 Å². The predicted octanol–water partition coefficient (Wildman–Crippen LogP) is 3.99. The van der Waals surface area contributed by atoms with Gasteiger partial charge in [0.05, 0.1) is 18.6 Å². The molecule has 2 aromatic rings. The Morgan fingerprint density at radius 2 is 1.52 bits per heavy atom. The summed E-state index contributed by atoms with van der Waals surface area (Å²) < 4.78 is 43.4. The fraction of sp³-hybridized carbons (Fsp3) is 0.409. The lowest BCUT2D eigenvalue weighted by atomic mass is 10.1. The number of hydrogen-bond acceptors (Lipinski definition) is 3. The van der Waals surface area contributed by atoms with Gasteiger partial charge in [0.25, 0.3) is 0 Å². The summed E-state index contributed by atoms with van der Waals surface area (Å²) in [6, 6.07) is 12.8. The van der Waals surface area contributed by atoms with Crippen LogP contribution in [0.25, 0.3) is 0 Å². The summed E-state index contributed by atoms with van der Waals surface area (Å²) >= 11 is 0. The van der Waals surface area contributed by atoms with Crippen LogP contribution in [-0.2, 0) is 23.9 Å². The van der Waals surface area contributed by atoms with Crippen LogP contribution in [0, 0.1) is 0 Å². The van der Waals surface area contributed by atoms with Crippen LogP contribution in [0.15, 0.2) is 48.5 Å². The Hall–Kier alpha value is -2.54. The number of halogens is 3. The van der Waals surface area contributed by atoms with E-state index in [1.165, 1.54) is 17.7 Å². The first-order chi connectivity index (χ1) is 13.8. The van der Waals surface area contributed by atoms with E-state index in [1.54, 1.807) is 4.90 Å². The Balaban J connectivity index is 1.46. The maximum Gasteiger partial charge on any atom is 0.416 e. The van der Waals surface area contributed by atoms with Crippen LogP contribution in [-0.4, -0.2) is 48.5 Å². The molecule has 156 valence electrons. The van der Waals surface area contributed by atoms with Crippen LogP contribution in [0.5, 0.6) is 5.75 Å². The molecular weight excluding hydrogens is 381 g/mol. The number of carbonyl (C=O) groups excluding carboxylic acids is 1. The number of hydrogen-bond donors (Lipinski definition) is 0. The van der Waals surface area contributed by atoms with Gasteiger partial charge in [0, 0.05) is 32.7 Å². The fourth-order valence-electron chi connectivity index (χ4n) is 3.37. The van der Waals surface area contributed by atoms with E-state index in [0.29, 0.717) is 25.3 Å². The van der Waals surface area contributed by atoms with Crippen molar-refractivity contribution in [2.45, 2.75) is 26.1 Å². The van der Waals surface area contributed by atoms with Gasteiger partial charge in [0.1, 0.15) is 5.75 Å². The normalized spacial score (nSPS) is 15.4. The second kappa shape index (κ2) is 9.31. The van der Waals surface area contributed by atoms with Crippen molar-refractivity contribution in [3.63, 3.8) is 0 Å². The molecule has 0 saturated carbocycles. The third kappa shape index (κ3) is 5.97. The van der Waals surface area contributed by atoms with Crippen LogP contribution in [0.2, 0.25) is 0 Å². The highest BCUT2D eigenvalue weighted by molar-refractivity contribution is 5.78. The van der Waals surface area contributed by atoms with Crippen molar-refractivity contribution in [1.82, 2.24) is 9.80 Å². The SMILES string of the molecule is CCOc1ccc(CN2CCN(C(=O)Cc3ccc(C(F)(F)F)cc3)CC2)cc1. The Morgan fingerprint density at radius 1 is 0.931 bits per heavy atom. The Morgan fingerprint density at radius 3 is 2.07 bits per heavy atom. The molecule has 0 radical (unpaired) electrons. The summed E-state index contributed by atoms with van der Waals surface area (Å²) in [6.07, 6.45) is -4.24. The van der Waals surface area contributed by atoms with Crippen molar-refractivity contribution in [3.05, 3.63) is 65.2 Å². The zero-order valence-electron chi connectivity index (χ0n) is 16.4. The van der Waals surface area contributed by atoms with Gasteiger partial charge in [0.15, 0.2) is 0 Å². The Kier molecular flexibility index (Phi) is 6.79. The van der Waals surface area contributed by atoms with E-state index in [-0.39, 0.29) is 12.3 Å². The lowest BCUT2D eigenvalue weighted by Gasteiger charge is -2.35. The highest BCUT2D eigenvalue weighted by Crippen LogP contribution is 2.29. The number of alkyl halides is 3. The molecule has 1 heterocycles. The maximum atomic E-state index is 12.6. The van der Waals surface area contributed by atoms with Crippen molar-refractivity contribution in [2.24, 2.45) is 0 Å². The molecule has 0 spiro atoms. The minimum absolute atomic E-state index is 0.0505. The van der Waals surface area contributed by atoms with E-state index in [1.807, 2.05) is 31.2 Å². The average molecular weight is 406 g/mol. The topological polar surface area (TPSA) is 32.8 Å². The Labute approximate surface area is 168 Å². The largest absolute Gasteiger partial charge is 0.494 e. The molecule has 0 aliphatic carbocycles. The van der Waals surface area contributed by atoms with Gasteiger partial charge in [-0.3, -0.25) is 9.69 Å². The van der Waals surface area contributed by atoms with Gasteiger partial charge in [-0.15, -0.1) is 0 Å². The van der Waals surface area contributed by atoms with Gasteiger partial charge in [0.2, 0.25) is 5.91 Å². The average Bonchev–Trinajstić information content (AvgIpc) is 2.70. The van der Waals surface area contributed by atoms with Crippen molar-refractivity contribution in [2.75, 3.05) is 32.8 Å². The quantitative estimate of drug-likeness (QED) is 0.727. The summed E-state index contributed by atoms with van der Waals surface area (Å²) in [7, 11) is 0. The summed E-state index contributed by atoms with van der Waals surface area (Å²) in [6.45, 7) is 6.19. The molecule has 3 rings (SSSR count). The third-order valence-corrected chi connectivity index (χ3v) is 5.00. The molecule has 0 N–H and O–H groups in total. The van der Waals surface area contributed by atoms with Crippen molar-refractivity contribution in [1.29, 1.82) is 0 Å². The molecule has 0 atom stereocenters. The molecule has 1 fully saturated rings. The van der Waals surface area contributed by atoms with Gasteiger partial charge in [-0.05, 0) is 42.3 Å². The maximum absolute atomic E-state index is 12.6. The van der Waals surface area contributed by atoms with Gasteiger partial charge >= 0.3 is 6.18 Å². The lowest BCUT2D eigenvalue weighted by molar-refractivity contribution is -0.137. The molecule has 4 nitrogen and oxygen atoms in total. The second-order valence-corrected chi connectivity index (χ2v) is 7.11. The molecule has 1 saturated heterocycles. The van der Waals surface area contributed by atoms with E-state index in [9.17, 15) is 18.0 Å². The first-order valence-corrected chi connectivity index (χ1v) is 9.73. The molecule has 29 heavy (non-hydrogen) atoms. The molecule has 0 bridgehead atoms. The minimum Gasteiger partial charge on any atom is -0.494 e. The third-order valence-electron chi connectivity index (χ3n) is 5.00. The van der Waals surface area contributed by atoms with E-state index in [2.05, 4.69) is 4.90 Å². The van der Waals surface area contributed by atoms with Crippen LogP contribution in [0.1, 0.15) is 23.6 Å². The zero-order chi connectivity index (χ0) is 20.9. The summed E-state index contributed by atoms with van der Waals surface area (Å²) in [5, 5.41) is 0. The first-order valence-electron chi connectivity index (χ1n) is 9.73. The number of carbonyl (C=O) groups is 1. The Bertz CT molecular complexity index is 796. The van der Waals surface area contributed by atoms with Gasteiger partial charge in [-0.2, -0.15) is 13.2 Å². The summed E-state index contributed by atoms with van der Waals surface area (Å²) in [5.74, 6) is 0.806. The zero-order valence-corrected chi connectivity index (χ0v) is 16.4. The lowest BCUT2D eigenvalue weighted by Crippen LogP contribution is -2.48. The van der Waals surface area contributed by atoms with Crippen molar-refractivity contribution < 1.29 is 22.7 Å². The van der Waals surface area contributed by atoms with Gasteiger partial charge in [-0.1, -0.05) is 24.3 Å². The van der Waals surface area contributed by atoms with E-state index in [0.717, 1.165) is 37.5 Å². The van der Waals surface area contributed by atoms with Crippen LogP contribution >= 0.6 is 0 Å². The number of amides is 1.